The standard InChI is InChI=1S/C14H11FN2/c15-13-6-2-1-4-12(13)10-17-9-7-11-5-3-8-16-14(11)17/h1-9H,10H2. The van der Waals surface area contributed by atoms with Crippen molar-refractivity contribution in [1.82, 2.24) is 9.55 Å². The molecule has 0 aliphatic carbocycles. The Labute approximate surface area is 98.3 Å². The van der Waals surface area contributed by atoms with Crippen molar-refractivity contribution < 1.29 is 4.39 Å². The van der Waals surface area contributed by atoms with Gasteiger partial charge in [-0.2, -0.15) is 0 Å². The Kier molecular flexibility index (Phi) is 2.37. The molecule has 0 aliphatic heterocycles. The fourth-order valence-electron chi connectivity index (χ4n) is 1.96. The monoisotopic (exact) mass is 226 g/mol. The Morgan fingerprint density at radius 3 is 2.82 bits per heavy atom. The molecule has 0 unspecified atom stereocenters. The van der Waals surface area contributed by atoms with Gasteiger partial charge in [0.2, 0.25) is 0 Å². The van der Waals surface area contributed by atoms with Crippen LogP contribution in [0.3, 0.4) is 0 Å². The van der Waals surface area contributed by atoms with E-state index in [2.05, 4.69) is 4.98 Å². The molecule has 84 valence electrons. The lowest BCUT2D eigenvalue weighted by Gasteiger charge is -2.05. The molecule has 0 saturated heterocycles. The highest BCUT2D eigenvalue weighted by Crippen LogP contribution is 2.15. The van der Waals surface area contributed by atoms with E-state index in [1.54, 1.807) is 18.3 Å². The number of rotatable bonds is 2. The zero-order valence-electron chi connectivity index (χ0n) is 9.18. The van der Waals surface area contributed by atoms with Crippen LogP contribution < -0.4 is 0 Å². The SMILES string of the molecule is Fc1ccccc1Cn1ccc2cccnc21. The van der Waals surface area contributed by atoms with Gasteiger partial charge in [-0.3, -0.25) is 0 Å². The number of hydrogen-bond donors (Lipinski definition) is 0. The van der Waals surface area contributed by atoms with Crippen LogP contribution in [0.2, 0.25) is 0 Å². The quantitative estimate of drug-likeness (QED) is 0.656. The van der Waals surface area contributed by atoms with Crippen LogP contribution in [-0.2, 0) is 6.54 Å². The normalized spacial score (nSPS) is 10.9. The lowest BCUT2D eigenvalue weighted by molar-refractivity contribution is 0.601. The van der Waals surface area contributed by atoms with Gasteiger partial charge in [-0.05, 0) is 24.3 Å². The molecule has 2 heterocycles. The second-order valence-electron chi connectivity index (χ2n) is 3.95. The third-order valence-corrected chi connectivity index (χ3v) is 2.82. The molecule has 0 spiro atoms. The van der Waals surface area contributed by atoms with Gasteiger partial charge in [-0.15, -0.1) is 0 Å². The number of benzene rings is 1. The number of halogens is 1. The maximum absolute atomic E-state index is 13.5. The van der Waals surface area contributed by atoms with E-state index < -0.39 is 0 Å². The minimum atomic E-state index is -0.176. The number of nitrogens with zero attached hydrogens (tertiary/aromatic N) is 2. The van der Waals surface area contributed by atoms with Gasteiger partial charge < -0.3 is 4.57 Å². The summed E-state index contributed by atoms with van der Waals surface area (Å²) in [4.78, 5) is 4.31. The zero-order valence-corrected chi connectivity index (χ0v) is 9.18. The number of hydrogen-bond acceptors (Lipinski definition) is 1. The van der Waals surface area contributed by atoms with E-state index in [0.29, 0.717) is 12.1 Å². The molecule has 2 aromatic heterocycles. The number of aromatic nitrogens is 2. The van der Waals surface area contributed by atoms with Gasteiger partial charge in [0.05, 0.1) is 6.54 Å². The minimum absolute atomic E-state index is 0.176. The first-order chi connectivity index (χ1) is 8.34. The summed E-state index contributed by atoms with van der Waals surface area (Å²) < 4.78 is 15.5. The van der Waals surface area contributed by atoms with E-state index in [9.17, 15) is 4.39 Å². The van der Waals surface area contributed by atoms with Crippen molar-refractivity contribution in [2.45, 2.75) is 6.54 Å². The first-order valence-corrected chi connectivity index (χ1v) is 5.48. The highest BCUT2D eigenvalue weighted by molar-refractivity contribution is 5.75. The van der Waals surface area contributed by atoms with Gasteiger partial charge in [-0.25, -0.2) is 9.37 Å². The molecule has 17 heavy (non-hydrogen) atoms. The molecule has 0 N–H and O–H groups in total. The van der Waals surface area contributed by atoms with Gasteiger partial charge in [0.15, 0.2) is 0 Å². The second kappa shape index (κ2) is 4.01. The zero-order chi connectivity index (χ0) is 11.7. The van der Waals surface area contributed by atoms with Gasteiger partial charge in [-0.1, -0.05) is 18.2 Å². The van der Waals surface area contributed by atoms with E-state index in [0.717, 1.165) is 11.0 Å². The molecule has 0 atom stereocenters. The van der Waals surface area contributed by atoms with Crippen molar-refractivity contribution in [1.29, 1.82) is 0 Å². The van der Waals surface area contributed by atoms with E-state index >= 15 is 0 Å². The highest BCUT2D eigenvalue weighted by atomic mass is 19.1. The average molecular weight is 226 g/mol. The Morgan fingerprint density at radius 1 is 1.06 bits per heavy atom. The summed E-state index contributed by atoms with van der Waals surface area (Å²) in [5, 5.41) is 1.07. The van der Waals surface area contributed by atoms with E-state index in [-0.39, 0.29) is 5.82 Å². The largest absolute Gasteiger partial charge is 0.328 e. The first kappa shape index (κ1) is 10.0. The minimum Gasteiger partial charge on any atom is -0.328 e. The molecule has 3 heteroatoms. The third-order valence-electron chi connectivity index (χ3n) is 2.82. The van der Waals surface area contributed by atoms with Crippen molar-refractivity contribution in [3.63, 3.8) is 0 Å². The molecule has 3 rings (SSSR count). The van der Waals surface area contributed by atoms with Crippen LogP contribution in [0.4, 0.5) is 4.39 Å². The summed E-state index contributed by atoms with van der Waals surface area (Å²) in [6.07, 6.45) is 3.68. The molecule has 1 aromatic carbocycles. The van der Waals surface area contributed by atoms with Crippen molar-refractivity contribution in [3.8, 4) is 0 Å². The average Bonchev–Trinajstić information content (AvgIpc) is 2.76. The van der Waals surface area contributed by atoms with Gasteiger partial charge in [0.1, 0.15) is 11.5 Å². The van der Waals surface area contributed by atoms with Crippen molar-refractivity contribution in [2.75, 3.05) is 0 Å². The fraction of sp³-hybridized carbons (Fsp3) is 0.0714. The van der Waals surface area contributed by atoms with Crippen molar-refractivity contribution in [3.05, 3.63) is 66.2 Å². The topological polar surface area (TPSA) is 17.8 Å². The predicted octanol–water partition coefficient (Wildman–Crippen LogP) is 3.22. The summed E-state index contributed by atoms with van der Waals surface area (Å²) in [7, 11) is 0. The lowest BCUT2D eigenvalue weighted by atomic mass is 10.2. The Morgan fingerprint density at radius 2 is 1.94 bits per heavy atom. The Bertz CT molecular complexity index is 658. The summed E-state index contributed by atoms with van der Waals surface area (Å²) in [5.74, 6) is -0.176. The molecule has 0 fully saturated rings. The van der Waals surface area contributed by atoms with Gasteiger partial charge in [0, 0.05) is 23.3 Å². The van der Waals surface area contributed by atoms with Crippen LogP contribution in [0.15, 0.2) is 54.9 Å². The Hall–Kier alpha value is -2.16. The van der Waals surface area contributed by atoms with Crippen molar-refractivity contribution >= 4 is 11.0 Å². The molecule has 0 aliphatic rings. The maximum atomic E-state index is 13.5. The molecular formula is C14H11FN2. The Balaban J connectivity index is 2.03. The molecule has 0 saturated carbocycles. The summed E-state index contributed by atoms with van der Waals surface area (Å²) >= 11 is 0. The van der Waals surface area contributed by atoms with Gasteiger partial charge in [0.25, 0.3) is 0 Å². The summed E-state index contributed by atoms with van der Waals surface area (Å²) in [5.41, 5.74) is 1.56. The maximum Gasteiger partial charge on any atom is 0.140 e. The smallest absolute Gasteiger partial charge is 0.140 e. The van der Waals surface area contributed by atoms with Crippen molar-refractivity contribution in [2.24, 2.45) is 0 Å². The fourth-order valence-corrected chi connectivity index (χ4v) is 1.96. The molecule has 0 amide bonds. The second-order valence-corrected chi connectivity index (χ2v) is 3.95. The van der Waals surface area contributed by atoms with E-state index in [1.807, 2.05) is 35.0 Å². The van der Waals surface area contributed by atoms with Crippen LogP contribution >= 0.6 is 0 Å². The van der Waals surface area contributed by atoms with Gasteiger partial charge >= 0.3 is 0 Å². The van der Waals surface area contributed by atoms with Crippen LogP contribution in [0.1, 0.15) is 5.56 Å². The predicted molar refractivity (Wildman–Crippen MR) is 65.2 cm³/mol. The van der Waals surface area contributed by atoms with Crippen LogP contribution in [0, 0.1) is 5.82 Å². The van der Waals surface area contributed by atoms with E-state index in [4.69, 9.17) is 0 Å². The molecule has 0 bridgehead atoms. The van der Waals surface area contributed by atoms with Crippen LogP contribution in [0.25, 0.3) is 11.0 Å². The summed E-state index contributed by atoms with van der Waals surface area (Å²) in [6, 6.07) is 12.7. The molecule has 2 nitrogen and oxygen atoms in total. The summed E-state index contributed by atoms with van der Waals surface area (Å²) in [6.45, 7) is 0.507. The molecular weight excluding hydrogens is 215 g/mol. The molecule has 3 aromatic rings. The number of pyridine rings is 1. The van der Waals surface area contributed by atoms with Crippen LogP contribution in [0.5, 0.6) is 0 Å². The van der Waals surface area contributed by atoms with Crippen LogP contribution in [-0.4, -0.2) is 9.55 Å². The highest BCUT2D eigenvalue weighted by Gasteiger charge is 2.05. The lowest BCUT2D eigenvalue weighted by Crippen LogP contribution is -2.01. The first-order valence-electron chi connectivity index (χ1n) is 5.48. The molecule has 0 radical (unpaired) electrons. The number of fused-ring (bicyclic) bond motifs is 1. The third kappa shape index (κ3) is 1.80. The van der Waals surface area contributed by atoms with E-state index in [1.165, 1.54) is 6.07 Å².